The Labute approximate surface area is 109 Å². The van der Waals surface area contributed by atoms with Crippen molar-refractivity contribution in [3.8, 4) is 0 Å². The van der Waals surface area contributed by atoms with Crippen LogP contribution in [0, 0.1) is 15.9 Å². The van der Waals surface area contributed by atoms with Gasteiger partial charge in [-0.1, -0.05) is 12.1 Å². The maximum atomic E-state index is 12.8. The second-order valence-electron chi connectivity index (χ2n) is 4.07. The normalized spacial score (nSPS) is 11.9. The van der Waals surface area contributed by atoms with Crippen LogP contribution in [0.2, 0.25) is 0 Å². The fourth-order valence-corrected chi connectivity index (χ4v) is 1.72. The molecule has 19 heavy (non-hydrogen) atoms. The Morgan fingerprint density at radius 1 is 1.32 bits per heavy atom. The van der Waals surface area contributed by atoms with Crippen molar-refractivity contribution in [3.05, 3.63) is 64.2 Å². The van der Waals surface area contributed by atoms with Crippen LogP contribution in [-0.2, 0) is 0 Å². The second-order valence-corrected chi connectivity index (χ2v) is 4.07. The Morgan fingerprint density at radius 3 is 2.63 bits per heavy atom. The molecule has 1 heterocycles. The zero-order chi connectivity index (χ0) is 13.8. The fourth-order valence-electron chi connectivity index (χ4n) is 1.72. The number of hydrogen-bond donors (Lipinski definition) is 1. The standard InChI is InChI=1S/C13H12FN3O2/c1-9(10-2-4-11(14)5-3-10)16-12-6-7-15-8-13(12)17(18)19/h2-9H,1H3,(H,15,16). The van der Waals surface area contributed by atoms with Crippen LogP contribution >= 0.6 is 0 Å². The van der Waals surface area contributed by atoms with Gasteiger partial charge in [0.1, 0.15) is 17.7 Å². The third kappa shape index (κ3) is 3.04. The molecule has 6 heteroatoms. The van der Waals surface area contributed by atoms with Crippen molar-refractivity contribution in [2.24, 2.45) is 0 Å². The summed E-state index contributed by atoms with van der Waals surface area (Å²) in [7, 11) is 0. The van der Waals surface area contributed by atoms with Gasteiger partial charge in [0.05, 0.1) is 4.92 Å². The highest BCUT2D eigenvalue weighted by Gasteiger charge is 2.15. The van der Waals surface area contributed by atoms with E-state index in [1.807, 2.05) is 6.92 Å². The minimum atomic E-state index is -0.493. The van der Waals surface area contributed by atoms with E-state index in [2.05, 4.69) is 10.3 Å². The van der Waals surface area contributed by atoms with Crippen LogP contribution < -0.4 is 5.32 Å². The molecule has 0 aliphatic rings. The Bertz CT molecular complexity index is 587. The van der Waals surface area contributed by atoms with Crippen molar-refractivity contribution in [2.75, 3.05) is 5.32 Å². The van der Waals surface area contributed by atoms with E-state index >= 15 is 0 Å². The average Bonchev–Trinajstić information content (AvgIpc) is 2.39. The molecule has 1 aromatic heterocycles. The molecule has 5 nitrogen and oxygen atoms in total. The molecule has 1 unspecified atom stereocenters. The molecule has 2 rings (SSSR count). The van der Waals surface area contributed by atoms with Gasteiger partial charge in [0.25, 0.3) is 0 Å². The molecule has 0 radical (unpaired) electrons. The topological polar surface area (TPSA) is 68.1 Å². The molecular weight excluding hydrogens is 249 g/mol. The highest BCUT2D eigenvalue weighted by Crippen LogP contribution is 2.26. The van der Waals surface area contributed by atoms with Gasteiger partial charge in [-0.05, 0) is 30.7 Å². The first kappa shape index (κ1) is 12.9. The van der Waals surface area contributed by atoms with E-state index in [4.69, 9.17) is 0 Å². The summed E-state index contributed by atoms with van der Waals surface area (Å²) in [6.07, 6.45) is 2.67. The highest BCUT2D eigenvalue weighted by molar-refractivity contribution is 5.60. The summed E-state index contributed by atoms with van der Waals surface area (Å²) in [4.78, 5) is 14.1. The van der Waals surface area contributed by atoms with Crippen LogP contribution in [0.5, 0.6) is 0 Å². The second kappa shape index (κ2) is 5.43. The summed E-state index contributed by atoms with van der Waals surface area (Å²) < 4.78 is 12.8. The number of aromatic nitrogens is 1. The number of rotatable bonds is 4. The molecule has 0 saturated heterocycles. The zero-order valence-electron chi connectivity index (χ0n) is 10.2. The van der Waals surface area contributed by atoms with Crippen LogP contribution in [0.1, 0.15) is 18.5 Å². The Balaban J connectivity index is 2.21. The maximum Gasteiger partial charge on any atom is 0.310 e. The Hall–Kier alpha value is -2.50. The van der Waals surface area contributed by atoms with Crippen LogP contribution in [0.25, 0.3) is 0 Å². The first-order valence-electron chi connectivity index (χ1n) is 5.68. The molecule has 0 saturated carbocycles. The Kier molecular flexibility index (Phi) is 3.70. The number of anilines is 1. The summed E-state index contributed by atoms with van der Waals surface area (Å²) in [6.45, 7) is 1.84. The summed E-state index contributed by atoms with van der Waals surface area (Å²) in [5.74, 6) is -0.314. The molecule has 1 N–H and O–H groups in total. The van der Waals surface area contributed by atoms with E-state index in [1.54, 1.807) is 12.1 Å². The maximum absolute atomic E-state index is 12.8. The molecule has 1 atom stereocenters. The van der Waals surface area contributed by atoms with Crippen LogP contribution in [0.15, 0.2) is 42.7 Å². The van der Waals surface area contributed by atoms with Crippen molar-refractivity contribution in [1.82, 2.24) is 4.98 Å². The quantitative estimate of drug-likeness (QED) is 0.677. The van der Waals surface area contributed by atoms with Crippen LogP contribution in [0.3, 0.4) is 0 Å². The monoisotopic (exact) mass is 261 g/mol. The number of nitro groups is 1. The third-order valence-electron chi connectivity index (χ3n) is 2.74. The van der Waals surface area contributed by atoms with Gasteiger partial charge >= 0.3 is 5.69 Å². The van der Waals surface area contributed by atoms with Crippen molar-refractivity contribution >= 4 is 11.4 Å². The lowest BCUT2D eigenvalue weighted by molar-refractivity contribution is -0.384. The first-order valence-corrected chi connectivity index (χ1v) is 5.68. The minimum Gasteiger partial charge on any atom is -0.373 e. The molecule has 1 aromatic carbocycles. The van der Waals surface area contributed by atoms with E-state index in [-0.39, 0.29) is 17.5 Å². The SMILES string of the molecule is CC(Nc1ccncc1[N+](=O)[O-])c1ccc(F)cc1. The van der Waals surface area contributed by atoms with Crippen LogP contribution in [0.4, 0.5) is 15.8 Å². The zero-order valence-corrected chi connectivity index (χ0v) is 10.2. The summed E-state index contributed by atoms with van der Waals surface area (Å²) in [6, 6.07) is 7.35. The lowest BCUT2D eigenvalue weighted by Crippen LogP contribution is -2.08. The number of halogens is 1. The molecule has 0 amide bonds. The molecule has 0 aliphatic carbocycles. The predicted octanol–water partition coefficient (Wildman–Crippen LogP) is 3.30. The molecule has 98 valence electrons. The number of benzene rings is 1. The van der Waals surface area contributed by atoms with Crippen molar-refractivity contribution in [1.29, 1.82) is 0 Å². The molecule has 0 fully saturated rings. The fraction of sp³-hybridized carbons (Fsp3) is 0.154. The van der Waals surface area contributed by atoms with Gasteiger partial charge in [0.15, 0.2) is 0 Å². The number of hydrogen-bond acceptors (Lipinski definition) is 4. The highest BCUT2D eigenvalue weighted by atomic mass is 19.1. The van der Waals surface area contributed by atoms with Crippen molar-refractivity contribution < 1.29 is 9.31 Å². The lowest BCUT2D eigenvalue weighted by atomic mass is 10.1. The summed E-state index contributed by atoms with van der Waals surface area (Å²) in [5.41, 5.74) is 1.14. The van der Waals surface area contributed by atoms with Gasteiger partial charge in [-0.25, -0.2) is 4.39 Å². The summed E-state index contributed by atoms with van der Waals surface area (Å²) >= 11 is 0. The van der Waals surface area contributed by atoms with Crippen molar-refractivity contribution in [2.45, 2.75) is 13.0 Å². The number of pyridine rings is 1. The third-order valence-corrected chi connectivity index (χ3v) is 2.74. The Morgan fingerprint density at radius 2 is 2.00 bits per heavy atom. The summed E-state index contributed by atoms with van der Waals surface area (Å²) in [5, 5.41) is 13.9. The van der Waals surface area contributed by atoms with Gasteiger partial charge in [0.2, 0.25) is 0 Å². The van der Waals surface area contributed by atoms with Crippen LogP contribution in [-0.4, -0.2) is 9.91 Å². The van der Waals surface area contributed by atoms with Gasteiger partial charge in [-0.3, -0.25) is 15.1 Å². The van der Waals surface area contributed by atoms with E-state index in [9.17, 15) is 14.5 Å². The molecule has 0 spiro atoms. The lowest BCUT2D eigenvalue weighted by Gasteiger charge is -2.15. The number of nitrogens with one attached hydrogen (secondary N) is 1. The predicted molar refractivity (Wildman–Crippen MR) is 69.3 cm³/mol. The average molecular weight is 261 g/mol. The smallest absolute Gasteiger partial charge is 0.310 e. The van der Waals surface area contributed by atoms with Crippen molar-refractivity contribution in [3.63, 3.8) is 0 Å². The molecule has 0 bridgehead atoms. The molecule has 0 aliphatic heterocycles. The molecule has 2 aromatic rings. The van der Waals surface area contributed by atoms with E-state index in [0.29, 0.717) is 5.69 Å². The van der Waals surface area contributed by atoms with E-state index < -0.39 is 4.92 Å². The van der Waals surface area contributed by atoms with Gasteiger partial charge in [0, 0.05) is 12.2 Å². The molecular formula is C13H12FN3O2. The van der Waals surface area contributed by atoms with Gasteiger partial charge in [-0.2, -0.15) is 0 Å². The van der Waals surface area contributed by atoms with Gasteiger partial charge in [-0.15, -0.1) is 0 Å². The first-order chi connectivity index (χ1) is 9.08. The largest absolute Gasteiger partial charge is 0.373 e. The minimum absolute atomic E-state index is 0.0866. The van der Waals surface area contributed by atoms with Gasteiger partial charge < -0.3 is 5.32 Å². The number of nitrogens with zero attached hydrogens (tertiary/aromatic N) is 2. The van der Waals surface area contributed by atoms with E-state index in [1.165, 1.54) is 30.6 Å². The van der Waals surface area contributed by atoms with E-state index in [0.717, 1.165) is 5.56 Å².